The number of rotatable bonds is 4. The molecule has 3 heteroatoms. The SMILES string of the molecule is CNCc1cc(OC(C)C)nc2ccccc12. The molecule has 0 saturated heterocycles. The number of pyridine rings is 1. The van der Waals surface area contributed by atoms with Crippen molar-refractivity contribution in [3.8, 4) is 5.88 Å². The summed E-state index contributed by atoms with van der Waals surface area (Å²) in [4.78, 5) is 4.51. The fraction of sp³-hybridized carbons (Fsp3) is 0.357. The summed E-state index contributed by atoms with van der Waals surface area (Å²) in [6.07, 6.45) is 0.145. The minimum Gasteiger partial charge on any atom is -0.475 e. The first-order valence-electron chi connectivity index (χ1n) is 5.90. The van der Waals surface area contributed by atoms with Crippen LogP contribution in [0.5, 0.6) is 5.88 Å². The van der Waals surface area contributed by atoms with Crippen LogP contribution in [0.2, 0.25) is 0 Å². The average molecular weight is 230 g/mol. The molecular formula is C14H18N2O. The lowest BCUT2D eigenvalue weighted by molar-refractivity contribution is 0.233. The Bertz CT molecular complexity index is 509. The second kappa shape index (κ2) is 5.15. The molecule has 0 unspecified atom stereocenters. The Morgan fingerprint density at radius 1 is 1.29 bits per heavy atom. The second-order valence-corrected chi connectivity index (χ2v) is 4.33. The van der Waals surface area contributed by atoms with Crippen molar-refractivity contribution in [2.24, 2.45) is 0 Å². The predicted octanol–water partition coefficient (Wildman–Crippen LogP) is 2.74. The van der Waals surface area contributed by atoms with Gasteiger partial charge in [-0.2, -0.15) is 0 Å². The van der Waals surface area contributed by atoms with E-state index < -0.39 is 0 Å². The van der Waals surface area contributed by atoms with Crippen molar-refractivity contribution in [3.63, 3.8) is 0 Å². The number of nitrogens with one attached hydrogen (secondary N) is 1. The number of para-hydroxylation sites is 1. The summed E-state index contributed by atoms with van der Waals surface area (Å²) in [5.74, 6) is 0.698. The number of ether oxygens (including phenoxy) is 1. The standard InChI is InChI=1S/C14H18N2O/c1-10(2)17-14-8-11(9-15-3)12-6-4-5-7-13(12)16-14/h4-8,10,15H,9H2,1-3H3. The number of nitrogens with zero attached hydrogens (tertiary/aromatic N) is 1. The van der Waals surface area contributed by atoms with Gasteiger partial charge in [-0.25, -0.2) is 4.98 Å². The lowest BCUT2D eigenvalue weighted by atomic mass is 10.1. The van der Waals surface area contributed by atoms with Gasteiger partial charge >= 0.3 is 0 Å². The van der Waals surface area contributed by atoms with E-state index in [2.05, 4.69) is 16.4 Å². The first kappa shape index (κ1) is 11.9. The van der Waals surface area contributed by atoms with Crippen LogP contribution in [0.25, 0.3) is 10.9 Å². The fourth-order valence-electron chi connectivity index (χ4n) is 1.86. The van der Waals surface area contributed by atoms with E-state index >= 15 is 0 Å². The molecule has 2 aromatic rings. The molecule has 0 spiro atoms. The summed E-state index contributed by atoms with van der Waals surface area (Å²) in [7, 11) is 1.94. The number of aromatic nitrogens is 1. The van der Waals surface area contributed by atoms with Crippen molar-refractivity contribution in [1.29, 1.82) is 0 Å². The monoisotopic (exact) mass is 230 g/mol. The molecule has 0 fully saturated rings. The zero-order chi connectivity index (χ0) is 12.3. The Kier molecular flexibility index (Phi) is 3.59. The number of hydrogen-bond donors (Lipinski definition) is 1. The van der Waals surface area contributed by atoms with E-state index in [1.165, 1.54) is 10.9 Å². The third-order valence-corrected chi connectivity index (χ3v) is 2.50. The molecule has 0 bridgehead atoms. The highest BCUT2D eigenvalue weighted by Gasteiger charge is 2.06. The molecule has 1 heterocycles. The van der Waals surface area contributed by atoms with Crippen LogP contribution in [0.15, 0.2) is 30.3 Å². The Balaban J connectivity index is 2.50. The highest BCUT2D eigenvalue weighted by molar-refractivity contribution is 5.82. The highest BCUT2D eigenvalue weighted by Crippen LogP contribution is 2.22. The highest BCUT2D eigenvalue weighted by atomic mass is 16.5. The van der Waals surface area contributed by atoms with Crippen LogP contribution >= 0.6 is 0 Å². The Morgan fingerprint density at radius 2 is 2.06 bits per heavy atom. The van der Waals surface area contributed by atoms with Gasteiger partial charge < -0.3 is 10.1 Å². The van der Waals surface area contributed by atoms with Crippen LogP contribution in [0.3, 0.4) is 0 Å². The zero-order valence-electron chi connectivity index (χ0n) is 10.5. The lowest BCUT2D eigenvalue weighted by Crippen LogP contribution is -2.10. The topological polar surface area (TPSA) is 34.1 Å². The molecule has 1 N–H and O–H groups in total. The van der Waals surface area contributed by atoms with E-state index in [9.17, 15) is 0 Å². The molecule has 3 nitrogen and oxygen atoms in total. The zero-order valence-corrected chi connectivity index (χ0v) is 10.5. The molecule has 1 aromatic carbocycles. The first-order chi connectivity index (χ1) is 8.20. The fourth-order valence-corrected chi connectivity index (χ4v) is 1.86. The van der Waals surface area contributed by atoms with Crippen molar-refractivity contribution in [2.45, 2.75) is 26.5 Å². The van der Waals surface area contributed by atoms with Gasteiger partial charge in [-0.1, -0.05) is 18.2 Å². The minimum absolute atomic E-state index is 0.145. The van der Waals surface area contributed by atoms with Gasteiger partial charge in [0, 0.05) is 18.0 Å². The average Bonchev–Trinajstić information content (AvgIpc) is 2.28. The summed E-state index contributed by atoms with van der Waals surface area (Å²) in [6.45, 7) is 4.83. The summed E-state index contributed by atoms with van der Waals surface area (Å²) in [5.41, 5.74) is 2.20. The molecule has 2 rings (SSSR count). The molecule has 0 amide bonds. The van der Waals surface area contributed by atoms with Gasteiger partial charge in [-0.3, -0.25) is 0 Å². The van der Waals surface area contributed by atoms with E-state index in [1.54, 1.807) is 0 Å². The molecule has 0 radical (unpaired) electrons. The largest absolute Gasteiger partial charge is 0.475 e. The molecule has 0 aliphatic carbocycles. The third kappa shape index (κ3) is 2.74. The van der Waals surface area contributed by atoms with E-state index in [-0.39, 0.29) is 6.10 Å². The third-order valence-electron chi connectivity index (χ3n) is 2.50. The van der Waals surface area contributed by atoms with Gasteiger partial charge in [0.25, 0.3) is 0 Å². The minimum atomic E-state index is 0.145. The van der Waals surface area contributed by atoms with Gasteiger partial charge in [-0.05, 0) is 32.5 Å². The van der Waals surface area contributed by atoms with Gasteiger partial charge in [0.2, 0.25) is 5.88 Å². The molecule has 0 aliphatic rings. The van der Waals surface area contributed by atoms with E-state index in [4.69, 9.17) is 4.74 Å². The maximum Gasteiger partial charge on any atom is 0.214 e. The summed E-state index contributed by atoms with van der Waals surface area (Å²) in [5, 5.41) is 4.35. The molecular weight excluding hydrogens is 212 g/mol. The van der Waals surface area contributed by atoms with Gasteiger partial charge in [0.1, 0.15) is 0 Å². The normalized spacial score (nSPS) is 11.1. The van der Waals surface area contributed by atoms with Crippen LogP contribution in [-0.2, 0) is 6.54 Å². The van der Waals surface area contributed by atoms with Gasteiger partial charge in [0.15, 0.2) is 0 Å². The molecule has 0 aliphatic heterocycles. The summed E-state index contributed by atoms with van der Waals surface area (Å²) >= 11 is 0. The quantitative estimate of drug-likeness (QED) is 0.877. The smallest absolute Gasteiger partial charge is 0.214 e. The summed E-state index contributed by atoms with van der Waals surface area (Å²) in [6, 6.07) is 10.2. The van der Waals surface area contributed by atoms with Crippen LogP contribution < -0.4 is 10.1 Å². The number of fused-ring (bicyclic) bond motifs is 1. The lowest BCUT2D eigenvalue weighted by Gasteiger charge is -2.12. The van der Waals surface area contributed by atoms with Crippen molar-refractivity contribution in [3.05, 3.63) is 35.9 Å². The Hall–Kier alpha value is -1.61. The van der Waals surface area contributed by atoms with E-state index in [1.807, 2.05) is 45.2 Å². The van der Waals surface area contributed by atoms with Crippen LogP contribution in [0.1, 0.15) is 19.4 Å². The van der Waals surface area contributed by atoms with Crippen molar-refractivity contribution in [2.75, 3.05) is 7.05 Å². The Morgan fingerprint density at radius 3 is 2.76 bits per heavy atom. The molecule has 0 atom stereocenters. The number of hydrogen-bond acceptors (Lipinski definition) is 3. The predicted molar refractivity (Wildman–Crippen MR) is 70.3 cm³/mol. The van der Waals surface area contributed by atoms with Crippen LogP contribution in [0, 0.1) is 0 Å². The molecule has 1 aromatic heterocycles. The van der Waals surface area contributed by atoms with Crippen molar-refractivity contribution >= 4 is 10.9 Å². The van der Waals surface area contributed by atoms with Crippen LogP contribution in [0.4, 0.5) is 0 Å². The Labute approximate surface area is 102 Å². The van der Waals surface area contributed by atoms with E-state index in [0.717, 1.165) is 12.1 Å². The molecule has 90 valence electrons. The van der Waals surface area contributed by atoms with E-state index in [0.29, 0.717) is 5.88 Å². The van der Waals surface area contributed by atoms with Gasteiger partial charge in [-0.15, -0.1) is 0 Å². The maximum atomic E-state index is 5.67. The number of benzene rings is 1. The van der Waals surface area contributed by atoms with Crippen LogP contribution in [-0.4, -0.2) is 18.1 Å². The maximum absolute atomic E-state index is 5.67. The first-order valence-corrected chi connectivity index (χ1v) is 5.90. The summed E-state index contributed by atoms with van der Waals surface area (Å²) < 4.78 is 5.67. The van der Waals surface area contributed by atoms with Crippen molar-refractivity contribution < 1.29 is 4.74 Å². The molecule has 17 heavy (non-hydrogen) atoms. The van der Waals surface area contributed by atoms with Gasteiger partial charge in [0.05, 0.1) is 11.6 Å². The second-order valence-electron chi connectivity index (χ2n) is 4.33. The molecule has 0 saturated carbocycles. The van der Waals surface area contributed by atoms with Crippen molar-refractivity contribution in [1.82, 2.24) is 10.3 Å².